The molecule has 0 aromatic heterocycles. The average Bonchev–Trinajstić information content (AvgIpc) is 2.98. The molecule has 0 bridgehead atoms. The standard InChI is InChI=1S/C18H27N3O4S/c1-5-20(6-2)26(24,25)16-9-7-15(8-10-16)19-18(23)14-11-17(22)21(12-14)13(3)4/h7-10,13-14H,5-6,11-12H2,1-4H3,(H,19,23)/t14-/m1/s1. The Kier molecular flexibility index (Phi) is 6.41. The third-order valence-electron chi connectivity index (χ3n) is 4.62. The lowest BCUT2D eigenvalue weighted by Crippen LogP contribution is -2.33. The Morgan fingerprint density at radius 3 is 2.27 bits per heavy atom. The van der Waals surface area contributed by atoms with E-state index in [-0.39, 0.29) is 35.1 Å². The number of carbonyl (C=O) groups excluding carboxylic acids is 2. The maximum absolute atomic E-state index is 12.5. The van der Waals surface area contributed by atoms with Gasteiger partial charge in [0.15, 0.2) is 0 Å². The smallest absolute Gasteiger partial charge is 0.243 e. The third kappa shape index (κ3) is 4.24. The van der Waals surface area contributed by atoms with Crippen LogP contribution in [-0.4, -0.2) is 55.1 Å². The van der Waals surface area contributed by atoms with Gasteiger partial charge in [-0.2, -0.15) is 4.31 Å². The van der Waals surface area contributed by atoms with Gasteiger partial charge in [0.05, 0.1) is 10.8 Å². The molecule has 0 unspecified atom stereocenters. The van der Waals surface area contributed by atoms with E-state index in [0.717, 1.165) is 0 Å². The number of amides is 2. The molecule has 0 saturated carbocycles. The molecule has 1 heterocycles. The predicted molar refractivity (Wildman–Crippen MR) is 100 cm³/mol. The number of benzene rings is 1. The topological polar surface area (TPSA) is 86.8 Å². The van der Waals surface area contributed by atoms with Crippen LogP contribution in [0.15, 0.2) is 29.2 Å². The molecule has 1 aromatic rings. The highest BCUT2D eigenvalue weighted by Gasteiger charge is 2.35. The minimum Gasteiger partial charge on any atom is -0.339 e. The number of hydrogen-bond donors (Lipinski definition) is 1. The van der Waals surface area contributed by atoms with E-state index < -0.39 is 10.0 Å². The van der Waals surface area contributed by atoms with E-state index in [1.807, 2.05) is 13.8 Å². The Morgan fingerprint density at radius 1 is 1.23 bits per heavy atom. The van der Waals surface area contributed by atoms with Crippen LogP contribution in [0, 0.1) is 5.92 Å². The molecule has 1 aliphatic rings. The van der Waals surface area contributed by atoms with E-state index in [1.54, 1.807) is 30.9 Å². The highest BCUT2D eigenvalue weighted by atomic mass is 32.2. The average molecular weight is 381 g/mol. The largest absolute Gasteiger partial charge is 0.339 e. The summed E-state index contributed by atoms with van der Waals surface area (Å²) in [6, 6.07) is 6.20. The number of anilines is 1. The van der Waals surface area contributed by atoms with Gasteiger partial charge in [0.25, 0.3) is 0 Å². The van der Waals surface area contributed by atoms with Gasteiger partial charge in [-0.15, -0.1) is 0 Å². The monoisotopic (exact) mass is 381 g/mol. The van der Waals surface area contributed by atoms with Crippen LogP contribution >= 0.6 is 0 Å². The summed E-state index contributed by atoms with van der Waals surface area (Å²) in [4.78, 5) is 26.2. The van der Waals surface area contributed by atoms with Crippen LogP contribution in [0.2, 0.25) is 0 Å². The van der Waals surface area contributed by atoms with Gasteiger partial charge < -0.3 is 10.2 Å². The molecule has 144 valence electrons. The van der Waals surface area contributed by atoms with Crippen LogP contribution in [0.5, 0.6) is 0 Å². The quantitative estimate of drug-likeness (QED) is 0.782. The number of hydrogen-bond acceptors (Lipinski definition) is 4. The molecule has 0 spiro atoms. The van der Waals surface area contributed by atoms with Crippen molar-refractivity contribution in [3.63, 3.8) is 0 Å². The number of carbonyl (C=O) groups is 2. The van der Waals surface area contributed by atoms with Crippen LogP contribution in [0.3, 0.4) is 0 Å². The summed E-state index contributed by atoms with van der Waals surface area (Å²) in [7, 11) is -3.52. The first-order valence-corrected chi connectivity index (χ1v) is 10.3. The molecule has 0 radical (unpaired) electrons. The van der Waals surface area contributed by atoms with Gasteiger partial charge in [-0.1, -0.05) is 13.8 Å². The molecule has 1 saturated heterocycles. The van der Waals surface area contributed by atoms with Gasteiger partial charge in [0.2, 0.25) is 21.8 Å². The number of likely N-dealkylation sites (tertiary alicyclic amines) is 1. The van der Waals surface area contributed by atoms with Crippen molar-refractivity contribution in [3.8, 4) is 0 Å². The SMILES string of the molecule is CCN(CC)S(=O)(=O)c1ccc(NC(=O)[C@@H]2CC(=O)N(C(C)C)C2)cc1. The Hall–Kier alpha value is -1.93. The number of sulfonamides is 1. The summed E-state index contributed by atoms with van der Waals surface area (Å²) in [5, 5.41) is 2.77. The number of nitrogens with one attached hydrogen (secondary N) is 1. The van der Waals surface area contributed by atoms with Crippen LogP contribution < -0.4 is 5.32 Å². The first-order valence-electron chi connectivity index (χ1n) is 8.91. The zero-order valence-corrected chi connectivity index (χ0v) is 16.5. The minimum atomic E-state index is -3.52. The molecule has 1 N–H and O–H groups in total. The lowest BCUT2D eigenvalue weighted by molar-refractivity contribution is -0.129. The van der Waals surface area contributed by atoms with E-state index in [1.165, 1.54) is 16.4 Å². The Balaban J connectivity index is 2.06. The van der Waals surface area contributed by atoms with Crippen LogP contribution in [0.4, 0.5) is 5.69 Å². The second-order valence-electron chi connectivity index (χ2n) is 6.64. The van der Waals surface area contributed by atoms with E-state index in [9.17, 15) is 18.0 Å². The summed E-state index contributed by atoms with van der Waals surface area (Å²) in [5.41, 5.74) is 0.518. The lowest BCUT2D eigenvalue weighted by atomic mass is 10.1. The molecule has 0 aliphatic carbocycles. The molecule has 2 amide bonds. The zero-order chi connectivity index (χ0) is 19.5. The Morgan fingerprint density at radius 2 is 1.81 bits per heavy atom. The second kappa shape index (κ2) is 8.18. The second-order valence-corrected chi connectivity index (χ2v) is 8.58. The molecular weight excluding hydrogens is 354 g/mol. The fourth-order valence-electron chi connectivity index (χ4n) is 3.07. The van der Waals surface area contributed by atoms with Crippen molar-refractivity contribution in [2.24, 2.45) is 5.92 Å². The van der Waals surface area contributed by atoms with Crippen molar-refractivity contribution in [1.29, 1.82) is 0 Å². The maximum atomic E-state index is 12.5. The summed E-state index contributed by atoms with van der Waals surface area (Å²) >= 11 is 0. The molecule has 1 fully saturated rings. The fourth-order valence-corrected chi connectivity index (χ4v) is 4.53. The predicted octanol–water partition coefficient (Wildman–Crippen LogP) is 1.91. The van der Waals surface area contributed by atoms with E-state index in [2.05, 4.69) is 5.32 Å². The van der Waals surface area contributed by atoms with Gasteiger partial charge >= 0.3 is 0 Å². The van der Waals surface area contributed by atoms with Crippen molar-refractivity contribution < 1.29 is 18.0 Å². The zero-order valence-electron chi connectivity index (χ0n) is 15.7. The summed E-state index contributed by atoms with van der Waals surface area (Å²) in [5.74, 6) is -0.620. The molecule has 1 aliphatic heterocycles. The van der Waals surface area contributed by atoms with Crippen LogP contribution in [0.25, 0.3) is 0 Å². The number of rotatable bonds is 7. The van der Waals surface area contributed by atoms with Gasteiger partial charge in [0.1, 0.15) is 0 Å². The van der Waals surface area contributed by atoms with Gasteiger partial charge in [-0.05, 0) is 38.1 Å². The lowest BCUT2D eigenvalue weighted by Gasteiger charge is -2.20. The van der Waals surface area contributed by atoms with Crippen molar-refractivity contribution in [3.05, 3.63) is 24.3 Å². The molecule has 1 atom stereocenters. The Bertz CT molecular complexity index is 755. The summed E-state index contributed by atoms with van der Waals surface area (Å²) < 4.78 is 26.3. The first-order chi connectivity index (χ1) is 12.2. The maximum Gasteiger partial charge on any atom is 0.243 e. The van der Waals surface area contributed by atoms with Gasteiger partial charge in [0, 0.05) is 37.8 Å². The molecule has 8 heteroatoms. The third-order valence-corrected chi connectivity index (χ3v) is 6.68. The first kappa shape index (κ1) is 20.4. The molecule has 26 heavy (non-hydrogen) atoms. The van der Waals surface area contributed by atoms with Crippen LogP contribution in [-0.2, 0) is 19.6 Å². The van der Waals surface area contributed by atoms with Crippen molar-refractivity contribution in [1.82, 2.24) is 9.21 Å². The van der Waals surface area contributed by atoms with E-state index >= 15 is 0 Å². The van der Waals surface area contributed by atoms with E-state index in [0.29, 0.717) is 25.3 Å². The number of nitrogens with zero attached hydrogens (tertiary/aromatic N) is 2. The highest BCUT2D eigenvalue weighted by molar-refractivity contribution is 7.89. The summed E-state index contributed by atoms with van der Waals surface area (Å²) in [6.07, 6.45) is 0.207. The fraction of sp³-hybridized carbons (Fsp3) is 0.556. The molecule has 2 rings (SSSR count). The normalized spacial score (nSPS) is 18.0. The highest BCUT2D eigenvalue weighted by Crippen LogP contribution is 2.23. The van der Waals surface area contributed by atoms with Gasteiger partial charge in [-0.25, -0.2) is 8.42 Å². The van der Waals surface area contributed by atoms with Crippen molar-refractivity contribution in [2.45, 2.75) is 45.1 Å². The Labute approximate surface area is 155 Å². The van der Waals surface area contributed by atoms with Gasteiger partial charge in [-0.3, -0.25) is 9.59 Å². The van der Waals surface area contributed by atoms with Crippen molar-refractivity contribution in [2.75, 3.05) is 25.0 Å². The molecule has 1 aromatic carbocycles. The van der Waals surface area contributed by atoms with Crippen LogP contribution in [0.1, 0.15) is 34.1 Å². The minimum absolute atomic E-state index is 0.0131. The van der Waals surface area contributed by atoms with E-state index in [4.69, 9.17) is 0 Å². The van der Waals surface area contributed by atoms with Crippen molar-refractivity contribution >= 4 is 27.5 Å². The summed E-state index contributed by atoms with van der Waals surface area (Å²) in [6.45, 7) is 8.65. The molecule has 7 nitrogen and oxygen atoms in total. The molecular formula is C18H27N3O4S.